The van der Waals surface area contributed by atoms with E-state index < -0.39 is 0 Å². The van der Waals surface area contributed by atoms with Crippen LogP contribution in [0.1, 0.15) is 37.1 Å². The fraction of sp³-hybridized carbons (Fsp3) is 0.381. The highest BCUT2D eigenvalue weighted by molar-refractivity contribution is 7.13. The fourth-order valence-corrected chi connectivity index (χ4v) is 4.02. The Kier molecular flexibility index (Phi) is 6.40. The predicted molar refractivity (Wildman–Crippen MR) is 109 cm³/mol. The van der Waals surface area contributed by atoms with Gasteiger partial charge in [0.05, 0.1) is 18.5 Å². The molecule has 0 saturated heterocycles. The number of carbonyl (C=O) groups is 1. The third kappa shape index (κ3) is 4.63. The van der Waals surface area contributed by atoms with E-state index in [-0.39, 0.29) is 5.97 Å². The number of rotatable bonds is 8. The van der Waals surface area contributed by atoms with Crippen molar-refractivity contribution < 1.29 is 9.53 Å². The van der Waals surface area contributed by atoms with Crippen molar-refractivity contribution in [2.45, 2.75) is 46.1 Å². The van der Waals surface area contributed by atoms with Gasteiger partial charge in [0.25, 0.3) is 0 Å². The van der Waals surface area contributed by atoms with Crippen molar-refractivity contribution in [2.24, 2.45) is 0 Å². The smallest absolute Gasteiger partial charge is 0.305 e. The number of aryl methyl sites for hydroxylation is 1. The van der Waals surface area contributed by atoms with Crippen LogP contribution >= 0.6 is 11.3 Å². The second-order valence-corrected chi connectivity index (χ2v) is 7.43. The number of carbonyl (C=O) groups excluding carboxylic acids is 1. The highest BCUT2D eigenvalue weighted by atomic mass is 32.1. The average Bonchev–Trinajstić information content (AvgIpc) is 3.28. The van der Waals surface area contributed by atoms with E-state index in [0.717, 1.165) is 42.2 Å². The molecule has 0 aromatic carbocycles. The fourth-order valence-electron chi connectivity index (χ4n) is 3.23. The molecule has 3 rings (SSSR count). The van der Waals surface area contributed by atoms with Crippen molar-refractivity contribution in [3.05, 3.63) is 47.2 Å². The van der Waals surface area contributed by atoms with Crippen LogP contribution in [0.5, 0.6) is 0 Å². The predicted octanol–water partition coefficient (Wildman–Crippen LogP) is 5.02. The Labute approximate surface area is 164 Å². The molecule has 0 unspecified atom stereocenters. The lowest BCUT2D eigenvalue weighted by Gasteiger charge is -2.09. The van der Waals surface area contributed by atoms with Gasteiger partial charge in [-0.2, -0.15) is 0 Å². The zero-order valence-corrected chi connectivity index (χ0v) is 16.9. The van der Waals surface area contributed by atoms with E-state index in [1.807, 2.05) is 18.2 Å². The summed E-state index contributed by atoms with van der Waals surface area (Å²) in [6, 6.07) is 8.09. The van der Waals surface area contributed by atoms with E-state index in [0.29, 0.717) is 6.42 Å². The maximum absolute atomic E-state index is 11.2. The van der Waals surface area contributed by atoms with Crippen LogP contribution < -0.4 is 0 Å². The van der Waals surface area contributed by atoms with Crippen LogP contribution in [0.3, 0.4) is 0 Å². The summed E-state index contributed by atoms with van der Waals surface area (Å²) >= 11 is 1.62. The average molecular weight is 384 g/mol. The van der Waals surface area contributed by atoms with Crippen molar-refractivity contribution in [3.63, 3.8) is 0 Å². The maximum Gasteiger partial charge on any atom is 0.305 e. The lowest BCUT2D eigenvalue weighted by atomic mass is 10.2. The number of ether oxygens (including phenoxy) is 1. The zero-order chi connectivity index (χ0) is 19.2. The highest BCUT2D eigenvalue weighted by Gasteiger charge is 2.14. The molecule has 0 amide bonds. The normalized spacial score (nSPS) is 10.9. The van der Waals surface area contributed by atoms with Crippen LogP contribution in [-0.4, -0.2) is 27.6 Å². The SMILES string of the molecule is COC(=O)CCCCCn1c(C)cc(-c2csc(-c3ccccn3)n2)c1C. The Hall–Kier alpha value is -2.47. The summed E-state index contributed by atoms with van der Waals surface area (Å²) in [5.74, 6) is -0.127. The van der Waals surface area contributed by atoms with Crippen molar-refractivity contribution in [1.29, 1.82) is 0 Å². The summed E-state index contributed by atoms with van der Waals surface area (Å²) in [7, 11) is 1.44. The van der Waals surface area contributed by atoms with E-state index in [4.69, 9.17) is 4.98 Å². The number of thiazole rings is 1. The molecule has 0 radical (unpaired) electrons. The Balaban J connectivity index is 1.67. The first-order chi connectivity index (χ1) is 13.1. The molecule has 6 heteroatoms. The molecule has 0 aliphatic rings. The largest absolute Gasteiger partial charge is 0.469 e. The third-order valence-corrected chi connectivity index (χ3v) is 5.59. The van der Waals surface area contributed by atoms with Crippen molar-refractivity contribution >= 4 is 17.3 Å². The van der Waals surface area contributed by atoms with Crippen LogP contribution in [0.15, 0.2) is 35.8 Å². The number of hydrogen-bond donors (Lipinski definition) is 0. The second-order valence-electron chi connectivity index (χ2n) is 6.58. The summed E-state index contributed by atoms with van der Waals surface area (Å²) in [4.78, 5) is 20.4. The third-order valence-electron chi connectivity index (χ3n) is 4.73. The van der Waals surface area contributed by atoms with E-state index >= 15 is 0 Å². The molecule has 0 saturated carbocycles. The molecule has 0 N–H and O–H groups in total. The number of nitrogens with zero attached hydrogens (tertiary/aromatic N) is 3. The molecule has 0 aliphatic carbocycles. The van der Waals surface area contributed by atoms with Gasteiger partial charge in [-0.25, -0.2) is 4.98 Å². The first-order valence-corrected chi connectivity index (χ1v) is 10.1. The summed E-state index contributed by atoms with van der Waals surface area (Å²) in [5, 5.41) is 3.05. The Bertz CT molecular complexity index is 900. The van der Waals surface area contributed by atoms with E-state index in [1.165, 1.54) is 24.1 Å². The molecule has 3 aromatic heterocycles. The van der Waals surface area contributed by atoms with Gasteiger partial charge in [-0.15, -0.1) is 11.3 Å². The van der Waals surface area contributed by atoms with Crippen molar-refractivity contribution in [2.75, 3.05) is 7.11 Å². The minimum atomic E-state index is -0.127. The van der Waals surface area contributed by atoms with E-state index in [9.17, 15) is 4.79 Å². The molecule has 0 spiro atoms. The molecule has 27 heavy (non-hydrogen) atoms. The molecule has 0 fully saturated rings. The highest BCUT2D eigenvalue weighted by Crippen LogP contribution is 2.31. The second kappa shape index (κ2) is 8.95. The maximum atomic E-state index is 11.2. The molecule has 0 aliphatic heterocycles. The number of aromatic nitrogens is 3. The summed E-state index contributed by atoms with van der Waals surface area (Å²) < 4.78 is 7.03. The molecular formula is C21H25N3O2S. The lowest BCUT2D eigenvalue weighted by molar-refractivity contribution is -0.140. The molecule has 142 valence electrons. The Morgan fingerprint density at radius 3 is 2.78 bits per heavy atom. The van der Waals surface area contributed by atoms with Crippen molar-refractivity contribution in [3.8, 4) is 22.0 Å². The van der Waals surface area contributed by atoms with Gasteiger partial charge in [0, 0.05) is 41.5 Å². The van der Waals surface area contributed by atoms with Gasteiger partial charge in [-0.05, 0) is 44.9 Å². The van der Waals surface area contributed by atoms with E-state index in [1.54, 1.807) is 17.5 Å². The van der Waals surface area contributed by atoms with Gasteiger partial charge >= 0.3 is 5.97 Å². The Morgan fingerprint density at radius 2 is 2.04 bits per heavy atom. The molecule has 3 aromatic rings. The van der Waals surface area contributed by atoms with Gasteiger partial charge in [0.15, 0.2) is 0 Å². The molecule has 3 heterocycles. The quantitative estimate of drug-likeness (QED) is 0.405. The Morgan fingerprint density at radius 1 is 1.19 bits per heavy atom. The van der Waals surface area contributed by atoms with Gasteiger partial charge in [-0.1, -0.05) is 12.5 Å². The number of hydrogen-bond acceptors (Lipinski definition) is 5. The van der Waals surface area contributed by atoms with Crippen LogP contribution in [0, 0.1) is 13.8 Å². The first kappa shape index (κ1) is 19.3. The number of pyridine rings is 1. The van der Waals surface area contributed by atoms with Crippen LogP contribution in [0.2, 0.25) is 0 Å². The molecule has 0 atom stereocenters. The minimum Gasteiger partial charge on any atom is -0.469 e. The number of unbranched alkanes of at least 4 members (excludes halogenated alkanes) is 2. The molecule has 5 nitrogen and oxygen atoms in total. The number of methoxy groups -OCH3 is 1. The van der Waals surface area contributed by atoms with Crippen LogP contribution in [0.4, 0.5) is 0 Å². The van der Waals surface area contributed by atoms with Gasteiger partial charge in [0.1, 0.15) is 5.01 Å². The first-order valence-electron chi connectivity index (χ1n) is 9.21. The van der Waals surface area contributed by atoms with Crippen molar-refractivity contribution in [1.82, 2.24) is 14.5 Å². The monoisotopic (exact) mass is 383 g/mol. The topological polar surface area (TPSA) is 57.0 Å². The lowest BCUT2D eigenvalue weighted by Crippen LogP contribution is -2.04. The standard InChI is InChI=1S/C21H25N3O2S/c1-15-13-17(16(2)24(15)12-8-4-5-10-20(25)26-3)19-14-27-21(23-19)18-9-6-7-11-22-18/h6-7,9,11,13-14H,4-5,8,10,12H2,1-3H3. The summed E-state index contributed by atoms with van der Waals surface area (Å²) in [5.41, 5.74) is 5.57. The van der Waals surface area contributed by atoms with Gasteiger partial charge < -0.3 is 9.30 Å². The van der Waals surface area contributed by atoms with E-state index in [2.05, 4.69) is 39.6 Å². The minimum absolute atomic E-state index is 0.127. The number of esters is 1. The zero-order valence-electron chi connectivity index (χ0n) is 16.1. The van der Waals surface area contributed by atoms with Gasteiger partial charge in [0.2, 0.25) is 0 Å². The van der Waals surface area contributed by atoms with Gasteiger partial charge in [-0.3, -0.25) is 9.78 Å². The van der Waals surface area contributed by atoms with Crippen LogP contribution in [-0.2, 0) is 16.1 Å². The molecule has 0 bridgehead atoms. The van der Waals surface area contributed by atoms with Crippen LogP contribution in [0.25, 0.3) is 22.0 Å². The molecular weight excluding hydrogens is 358 g/mol. The summed E-state index contributed by atoms with van der Waals surface area (Å²) in [6.07, 6.45) is 5.23. The summed E-state index contributed by atoms with van der Waals surface area (Å²) in [6.45, 7) is 5.24.